The Labute approximate surface area is 71.4 Å². The summed E-state index contributed by atoms with van der Waals surface area (Å²) in [5.74, 6) is 2.80. The maximum absolute atomic E-state index is 5.36. The molecule has 11 heavy (non-hydrogen) atoms. The van der Waals surface area contributed by atoms with Gasteiger partial charge in [0.25, 0.3) is 0 Å². The van der Waals surface area contributed by atoms with Crippen LogP contribution in [0.2, 0.25) is 0 Å². The van der Waals surface area contributed by atoms with Crippen molar-refractivity contribution in [2.24, 2.45) is 5.41 Å². The van der Waals surface area contributed by atoms with Crippen LogP contribution in [0, 0.1) is 24.7 Å². The van der Waals surface area contributed by atoms with E-state index in [9.17, 15) is 0 Å². The van der Waals surface area contributed by atoms with Crippen LogP contribution in [0.4, 0.5) is 0 Å². The van der Waals surface area contributed by atoms with Crippen molar-refractivity contribution in [1.29, 1.82) is 0 Å². The summed E-state index contributed by atoms with van der Waals surface area (Å²) in [5.41, 5.74) is 0.0984. The van der Waals surface area contributed by atoms with Gasteiger partial charge in [0.2, 0.25) is 0 Å². The minimum absolute atomic E-state index is 0.0984. The lowest BCUT2D eigenvalue weighted by Gasteiger charge is -2.16. The standard InChI is InChI=1S/C11H19/c1-5-7-8-9-10-11(3,4)6-2/h2H,1,5,7-10H2,3-4H3. The van der Waals surface area contributed by atoms with Crippen molar-refractivity contribution < 1.29 is 0 Å². The first kappa shape index (κ1) is 10.6. The third kappa shape index (κ3) is 5.98. The summed E-state index contributed by atoms with van der Waals surface area (Å²) in [6.07, 6.45) is 11.3. The highest BCUT2D eigenvalue weighted by atomic mass is 14.1. The maximum Gasteiger partial charge on any atom is 0.0255 e. The van der Waals surface area contributed by atoms with E-state index in [1.807, 2.05) is 0 Å². The first-order chi connectivity index (χ1) is 5.12. The van der Waals surface area contributed by atoms with Crippen LogP contribution in [0.3, 0.4) is 0 Å². The Morgan fingerprint density at radius 2 is 1.91 bits per heavy atom. The largest absolute Gasteiger partial charge is 0.120 e. The van der Waals surface area contributed by atoms with E-state index in [2.05, 4.69) is 26.7 Å². The van der Waals surface area contributed by atoms with Gasteiger partial charge in [-0.3, -0.25) is 0 Å². The Bertz CT molecular complexity index is 125. The van der Waals surface area contributed by atoms with Crippen LogP contribution in [-0.4, -0.2) is 0 Å². The average Bonchev–Trinajstić information content (AvgIpc) is 1.99. The molecule has 1 radical (unpaired) electrons. The van der Waals surface area contributed by atoms with E-state index in [0.717, 1.165) is 12.8 Å². The molecular formula is C11H19. The van der Waals surface area contributed by atoms with Gasteiger partial charge in [-0.05, 0) is 20.3 Å². The first-order valence-corrected chi connectivity index (χ1v) is 4.39. The first-order valence-electron chi connectivity index (χ1n) is 4.39. The fraction of sp³-hybridized carbons (Fsp3) is 0.727. The lowest BCUT2D eigenvalue weighted by molar-refractivity contribution is 0.429. The summed E-state index contributed by atoms with van der Waals surface area (Å²) in [5, 5.41) is 0. The summed E-state index contributed by atoms with van der Waals surface area (Å²) >= 11 is 0. The van der Waals surface area contributed by atoms with Crippen LogP contribution in [-0.2, 0) is 0 Å². The molecule has 0 heterocycles. The molecule has 0 aliphatic carbocycles. The summed E-state index contributed by atoms with van der Waals surface area (Å²) in [7, 11) is 0. The van der Waals surface area contributed by atoms with Crippen LogP contribution in [0.15, 0.2) is 0 Å². The number of unbranched alkanes of at least 4 members (excludes halogenated alkanes) is 3. The van der Waals surface area contributed by atoms with Gasteiger partial charge in [0.1, 0.15) is 0 Å². The average molecular weight is 151 g/mol. The van der Waals surface area contributed by atoms with Gasteiger partial charge in [-0.25, -0.2) is 0 Å². The summed E-state index contributed by atoms with van der Waals surface area (Å²) < 4.78 is 0. The quantitative estimate of drug-likeness (QED) is 0.417. The monoisotopic (exact) mass is 151 g/mol. The van der Waals surface area contributed by atoms with Gasteiger partial charge in [0.05, 0.1) is 0 Å². The van der Waals surface area contributed by atoms with Crippen molar-refractivity contribution in [3.05, 3.63) is 6.92 Å². The third-order valence-corrected chi connectivity index (χ3v) is 1.94. The lowest BCUT2D eigenvalue weighted by atomic mass is 9.88. The van der Waals surface area contributed by atoms with E-state index in [-0.39, 0.29) is 5.41 Å². The van der Waals surface area contributed by atoms with Gasteiger partial charge in [0, 0.05) is 5.41 Å². The predicted molar refractivity (Wildman–Crippen MR) is 51.1 cm³/mol. The Hall–Kier alpha value is -0.440. The van der Waals surface area contributed by atoms with Crippen LogP contribution in [0.5, 0.6) is 0 Å². The highest BCUT2D eigenvalue weighted by Gasteiger charge is 2.11. The van der Waals surface area contributed by atoms with E-state index in [0.29, 0.717) is 0 Å². The topological polar surface area (TPSA) is 0 Å². The number of terminal acetylenes is 1. The second kappa shape index (κ2) is 5.24. The Balaban J connectivity index is 3.32. The molecule has 0 saturated heterocycles. The number of hydrogen-bond acceptors (Lipinski definition) is 0. The van der Waals surface area contributed by atoms with Crippen LogP contribution >= 0.6 is 0 Å². The second-order valence-corrected chi connectivity index (χ2v) is 3.69. The number of hydrogen-bond donors (Lipinski definition) is 0. The van der Waals surface area contributed by atoms with Crippen LogP contribution < -0.4 is 0 Å². The van der Waals surface area contributed by atoms with Crippen LogP contribution in [0.1, 0.15) is 46.0 Å². The second-order valence-electron chi connectivity index (χ2n) is 3.69. The highest BCUT2D eigenvalue weighted by molar-refractivity contribution is 4.99. The molecule has 0 aromatic carbocycles. The van der Waals surface area contributed by atoms with E-state index in [1.165, 1.54) is 19.3 Å². The van der Waals surface area contributed by atoms with Crippen molar-refractivity contribution in [1.82, 2.24) is 0 Å². The molecule has 0 fully saturated rings. The van der Waals surface area contributed by atoms with E-state index < -0.39 is 0 Å². The van der Waals surface area contributed by atoms with Gasteiger partial charge in [0.15, 0.2) is 0 Å². The normalized spacial score (nSPS) is 11.1. The zero-order valence-corrected chi connectivity index (χ0v) is 7.82. The molecule has 0 saturated carbocycles. The summed E-state index contributed by atoms with van der Waals surface area (Å²) in [4.78, 5) is 0. The van der Waals surface area contributed by atoms with Crippen molar-refractivity contribution in [2.45, 2.75) is 46.0 Å². The van der Waals surface area contributed by atoms with Crippen molar-refractivity contribution >= 4 is 0 Å². The van der Waals surface area contributed by atoms with Crippen molar-refractivity contribution in [3.8, 4) is 12.3 Å². The van der Waals surface area contributed by atoms with E-state index in [1.54, 1.807) is 0 Å². The Morgan fingerprint density at radius 1 is 1.27 bits per heavy atom. The van der Waals surface area contributed by atoms with Gasteiger partial charge in [-0.2, -0.15) is 0 Å². The molecule has 0 N–H and O–H groups in total. The van der Waals surface area contributed by atoms with Crippen LogP contribution in [0.25, 0.3) is 0 Å². The Kier molecular flexibility index (Phi) is 5.03. The lowest BCUT2D eigenvalue weighted by Crippen LogP contribution is -2.06. The highest BCUT2D eigenvalue weighted by Crippen LogP contribution is 2.22. The molecule has 0 spiro atoms. The molecule has 0 aliphatic heterocycles. The molecule has 0 unspecified atom stereocenters. The molecule has 0 heteroatoms. The van der Waals surface area contributed by atoms with Gasteiger partial charge in [-0.15, -0.1) is 12.3 Å². The molecule has 0 aliphatic rings. The smallest absolute Gasteiger partial charge is 0.0255 e. The molecule has 63 valence electrons. The minimum atomic E-state index is 0.0984. The zero-order valence-electron chi connectivity index (χ0n) is 7.82. The van der Waals surface area contributed by atoms with E-state index in [4.69, 9.17) is 6.42 Å². The maximum atomic E-state index is 5.36. The van der Waals surface area contributed by atoms with Crippen molar-refractivity contribution in [3.63, 3.8) is 0 Å². The predicted octanol–water partition coefficient (Wildman–Crippen LogP) is 3.43. The van der Waals surface area contributed by atoms with Gasteiger partial charge < -0.3 is 0 Å². The zero-order chi connectivity index (χ0) is 8.74. The molecule has 0 rings (SSSR count). The summed E-state index contributed by atoms with van der Waals surface area (Å²) in [6.45, 7) is 8.04. The number of rotatable bonds is 5. The third-order valence-electron chi connectivity index (χ3n) is 1.94. The molecule has 0 atom stereocenters. The van der Waals surface area contributed by atoms with Crippen molar-refractivity contribution in [2.75, 3.05) is 0 Å². The fourth-order valence-corrected chi connectivity index (χ4v) is 0.993. The van der Waals surface area contributed by atoms with E-state index >= 15 is 0 Å². The van der Waals surface area contributed by atoms with Gasteiger partial charge in [-0.1, -0.05) is 32.6 Å². The molecular weight excluding hydrogens is 132 g/mol. The fourth-order valence-electron chi connectivity index (χ4n) is 0.993. The van der Waals surface area contributed by atoms with Gasteiger partial charge >= 0.3 is 0 Å². The SMILES string of the molecule is C#CC(C)(C)CCCCC[CH2]. The molecule has 0 aromatic heterocycles. The molecule has 0 nitrogen and oxygen atoms in total. The molecule has 0 bridgehead atoms. The molecule has 0 amide bonds. The summed E-state index contributed by atoms with van der Waals surface area (Å²) in [6, 6.07) is 0. The Morgan fingerprint density at radius 3 is 2.36 bits per heavy atom. The minimum Gasteiger partial charge on any atom is -0.120 e. The molecule has 0 aromatic rings.